The summed E-state index contributed by atoms with van der Waals surface area (Å²) in [7, 11) is 1.69. The van der Waals surface area contributed by atoms with Crippen LogP contribution in [0.4, 0.5) is 0 Å². The average molecular weight is 184 g/mol. The van der Waals surface area contributed by atoms with E-state index in [1.54, 1.807) is 7.11 Å². The van der Waals surface area contributed by atoms with E-state index in [9.17, 15) is 0 Å². The van der Waals surface area contributed by atoms with Gasteiger partial charge >= 0.3 is 0 Å². The van der Waals surface area contributed by atoms with Crippen LogP contribution in [0, 0.1) is 0 Å². The van der Waals surface area contributed by atoms with Crippen LogP contribution < -0.4 is 0 Å². The quantitative estimate of drug-likeness (QED) is 0.584. The van der Waals surface area contributed by atoms with E-state index in [2.05, 4.69) is 0 Å². The van der Waals surface area contributed by atoms with Crippen molar-refractivity contribution in [2.24, 2.45) is 0 Å². The van der Waals surface area contributed by atoms with Crippen molar-refractivity contribution in [2.45, 2.75) is 44.7 Å². The first-order chi connectivity index (χ1) is 6.24. The molecular weight excluding hydrogens is 168 g/mol. The molecule has 0 aromatic rings. The zero-order valence-electron chi connectivity index (χ0n) is 8.21. The molecule has 0 N–H and O–H groups in total. The third kappa shape index (κ3) is 1.71. The lowest BCUT2D eigenvalue weighted by Gasteiger charge is -2.48. The maximum atomic E-state index is 5.60. The second-order valence-electron chi connectivity index (χ2n) is 3.73. The van der Waals surface area contributed by atoms with Gasteiger partial charge in [-0.1, -0.05) is 0 Å². The van der Waals surface area contributed by atoms with Gasteiger partial charge in [0.15, 0.2) is 12.1 Å². The molecule has 0 amide bonds. The molecule has 1 spiro atoms. The van der Waals surface area contributed by atoms with Crippen LogP contribution >= 0.6 is 0 Å². The Labute approximate surface area is 78.7 Å². The molecule has 0 unspecified atom stereocenters. The highest BCUT2D eigenvalue weighted by Gasteiger charge is 2.46. The van der Waals surface area contributed by atoms with Gasteiger partial charge in [-0.15, -0.1) is 0 Å². The SMILES string of the molecule is COC=C1CCC2(CC1)OC(C)O2. The molecule has 1 saturated carbocycles. The Morgan fingerprint density at radius 3 is 2.46 bits per heavy atom. The van der Waals surface area contributed by atoms with Crippen molar-refractivity contribution in [1.29, 1.82) is 0 Å². The molecule has 13 heavy (non-hydrogen) atoms. The van der Waals surface area contributed by atoms with Crippen molar-refractivity contribution in [1.82, 2.24) is 0 Å². The van der Waals surface area contributed by atoms with Gasteiger partial charge < -0.3 is 14.2 Å². The Hall–Kier alpha value is -0.540. The number of ether oxygens (including phenoxy) is 3. The van der Waals surface area contributed by atoms with Crippen LogP contribution in [-0.4, -0.2) is 19.2 Å². The fourth-order valence-electron chi connectivity index (χ4n) is 2.09. The first-order valence-electron chi connectivity index (χ1n) is 4.80. The summed E-state index contributed by atoms with van der Waals surface area (Å²) in [5.74, 6) is -0.246. The fraction of sp³-hybridized carbons (Fsp3) is 0.800. The van der Waals surface area contributed by atoms with E-state index in [1.807, 2.05) is 13.2 Å². The minimum atomic E-state index is -0.246. The summed E-state index contributed by atoms with van der Waals surface area (Å²) in [6.45, 7) is 1.94. The van der Waals surface area contributed by atoms with E-state index in [-0.39, 0.29) is 12.1 Å². The second-order valence-corrected chi connectivity index (χ2v) is 3.73. The van der Waals surface area contributed by atoms with Gasteiger partial charge in [0.25, 0.3) is 0 Å². The fourth-order valence-corrected chi connectivity index (χ4v) is 2.09. The highest BCUT2D eigenvalue weighted by Crippen LogP contribution is 2.42. The number of rotatable bonds is 1. The van der Waals surface area contributed by atoms with Crippen molar-refractivity contribution >= 4 is 0 Å². The van der Waals surface area contributed by atoms with Crippen molar-refractivity contribution in [3.63, 3.8) is 0 Å². The van der Waals surface area contributed by atoms with Gasteiger partial charge in [-0.25, -0.2) is 0 Å². The molecule has 2 rings (SSSR count). The van der Waals surface area contributed by atoms with Gasteiger partial charge in [0.05, 0.1) is 13.4 Å². The van der Waals surface area contributed by atoms with Crippen LogP contribution in [0.2, 0.25) is 0 Å². The summed E-state index contributed by atoms with van der Waals surface area (Å²) >= 11 is 0. The summed E-state index contributed by atoms with van der Waals surface area (Å²) < 4.78 is 16.2. The maximum Gasteiger partial charge on any atom is 0.175 e. The van der Waals surface area contributed by atoms with Gasteiger partial charge in [-0.2, -0.15) is 0 Å². The lowest BCUT2D eigenvalue weighted by Crippen LogP contribution is -2.53. The number of hydrogen-bond donors (Lipinski definition) is 0. The molecule has 1 saturated heterocycles. The van der Waals surface area contributed by atoms with E-state index >= 15 is 0 Å². The molecule has 1 aliphatic heterocycles. The molecule has 0 atom stereocenters. The zero-order valence-corrected chi connectivity index (χ0v) is 8.21. The monoisotopic (exact) mass is 184 g/mol. The van der Waals surface area contributed by atoms with Crippen molar-refractivity contribution < 1.29 is 14.2 Å². The van der Waals surface area contributed by atoms with Crippen LogP contribution in [-0.2, 0) is 14.2 Å². The molecule has 2 aliphatic rings. The molecule has 74 valence electrons. The van der Waals surface area contributed by atoms with Crippen molar-refractivity contribution in [3.8, 4) is 0 Å². The Bertz CT molecular complexity index is 204. The number of methoxy groups -OCH3 is 1. The second kappa shape index (κ2) is 3.31. The predicted molar refractivity (Wildman–Crippen MR) is 47.9 cm³/mol. The first kappa shape index (κ1) is 9.03. The van der Waals surface area contributed by atoms with Crippen LogP contribution in [0.25, 0.3) is 0 Å². The molecule has 1 heterocycles. The van der Waals surface area contributed by atoms with Crippen LogP contribution in [0.15, 0.2) is 11.8 Å². The summed E-state index contributed by atoms with van der Waals surface area (Å²) in [6.07, 6.45) is 5.82. The Balaban J connectivity index is 1.86. The topological polar surface area (TPSA) is 27.7 Å². The molecule has 0 aromatic heterocycles. The van der Waals surface area contributed by atoms with E-state index in [0.717, 1.165) is 25.7 Å². The standard InChI is InChI=1S/C10H16O3/c1-8-12-10(13-8)5-3-9(4-6-10)7-11-2/h7-8H,3-6H2,1-2H3. The summed E-state index contributed by atoms with van der Waals surface area (Å²) in [5, 5.41) is 0. The molecule has 0 radical (unpaired) electrons. The minimum absolute atomic E-state index is 0.00652. The van der Waals surface area contributed by atoms with Gasteiger partial charge in [-0.05, 0) is 25.3 Å². The Kier molecular flexibility index (Phi) is 2.30. The third-order valence-electron chi connectivity index (χ3n) is 2.70. The predicted octanol–water partition coefficient (Wildman–Crippen LogP) is 2.18. The lowest BCUT2D eigenvalue weighted by molar-refractivity contribution is -0.451. The molecular formula is C10H16O3. The smallest absolute Gasteiger partial charge is 0.175 e. The lowest BCUT2D eigenvalue weighted by atomic mass is 9.89. The molecule has 3 heteroatoms. The third-order valence-corrected chi connectivity index (χ3v) is 2.70. The van der Waals surface area contributed by atoms with Crippen LogP contribution in [0.3, 0.4) is 0 Å². The average Bonchev–Trinajstić information content (AvgIpc) is 2.07. The normalized spacial score (nSPS) is 38.6. The van der Waals surface area contributed by atoms with E-state index in [0.29, 0.717) is 0 Å². The van der Waals surface area contributed by atoms with Crippen molar-refractivity contribution in [2.75, 3.05) is 7.11 Å². The van der Waals surface area contributed by atoms with Gasteiger partial charge in [0.2, 0.25) is 0 Å². The van der Waals surface area contributed by atoms with Crippen molar-refractivity contribution in [3.05, 3.63) is 11.8 Å². The molecule has 0 aromatic carbocycles. The molecule has 1 aliphatic carbocycles. The number of allylic oxidation sites excluding steroid dienone is 1. The largest absolute Gasteiger partial charge is 0.504 e. The molecule has 3 nitrogen and oxygen atoms in total. The summed E-state index contributed by atoms with van der Waals surface area (Å²) in [5.41, 5.74) is 1.36. The maximum absolute atomic E-state index is 5.60. The Morgan fingerprint density at radius 2 is 2.00 bits per heavy atom. The summed E-state index contributed by atoms with van der Waals surface area (Å²) in [6, 6.07) is 0. The highest BCUT2D eigenvalue weighted by molar-refractivity contribution is 5.05. The highest BCUT2D eigenvalue weighted by atomic mass is 16.9. The minimum Gasteiger partial charge on any atom is -0.504 e. The van der Waals surface area contributed by atoms with Gasteiger partial charge in [-0.3, -0.25) is 0 Å². The van der Waals surface area contributed by atoms with E-state index < -0.39 is 0 Å². The zero-order chi connectivity index (χ0) is 9.31. The first-order valence-corrected chi connectivity index (χ1v) is 4.80. The number of hydrogen-bond acceptors (Lipinski definition) is 3. The van der Waals surface area contributed by atoms with E-state index in [4.69, 9.17) is 14.2 Å². The summed E-state index contributed by atoms with van der Waals surface area (Å²) in [4.78, 5) is 0. The van der Waals surface area contributed by atoms with E-state index in [1.165, 1.54) is 5.57 Å². The molecule has 0 bridgehead atoms. The molecule has 2 fully saturated rings. The van der Waals surface area contributed by atoms with Crippen LogP contribution in [0.5, 0.6) is 0 Å². The van der Waals surface area contributed by atoms with Gasteiger partial charge in [0, 0.05) is 12.8 Å². The van der Waals surface area contributed by atoms with Crippen LogP contribution in [0.1, 0.15) is 32.6 Å². The van der Waals surface area contributed by atoms with Gasteiger partial charge in [0.1, 0.15) is 0 Å². The Morgan fingerprint density at radius 1 is 1.38 bits per heavy atom.